The number of likely N-dealkylation sites (N-methyl/N-ethyl adjacent to an activating group) is 1. The van der Waals surface area contributed by atoms with Gasteiger partial charge in [0.15, 0.2) is 0 Å². The van der Waals surface area contributed by atoms with Crippen molar-refractivity contribution in [1.82, 2.24) is 9.21 Å². The zero-order valence-corrected chi connectivity index (χ0v) is 20.7. The van der Waals surface area contributed by atoms with Gasteiger partial charge in [-0.1, -0.05) is 6.42 Å². The van der Waals surface area contributed by atoms with Gasteiger partial charge in [-0.15, -0.1) is 11.3 Å². The van der Waals surface area contributed by atoms with Gasteiger partial charge >= 0.3 is 5.97 Å². The van der Waals surface area contributed by atoms with Crippen LogP contribution in [0, 0.1) is 0 Å². The number of fused-ring (bicyclic) bond motifs is 1. The molecule has 0 unspecified atom stereocenters. The second-order valence-corrected chi connectivity index (χ2v) is 11.6. The number of nitrogens with zero attached hydrogens (tertiary/aromatic N) is 2. The second-order valence-electron chi connectivity index (χ2n) is 8.63. The first-order chi connectivity index (χ1) is 15.7. The molecule has 178 valence electrons. The summed E-state index contributed by atoms with van der Waals surface area (Å²) in [5.41, 5.74) is 1.66. The average Bonchev–Trinajstić information content (AvgIpc) is 3.15. The predicted octanol–water partition coefficient (Wildman–Crippen LogP) is 3.34. The Morgan fingerprint density at radius 3 is 2.55 bits per heavy atom. The highest BCUT2D eigenvalue weighted by atomic mass is 32.2. The van der Waals surface area contributed by atoms with Crippen LogP contribution in [0.1, 0.15) is 57.3 Å². The Balaban J connectivity index is 1.56. The van der Waals surface area contributed by atoms with Gasteiger partial charge in [-0.2, -0.15) is 4.31 Å². The molecule has 1 aromatic heterocycles. The lowest BCUT2D eigenvalue weighted by atomic mass is 10.0. The Kier molecular flexibility index (Phi) is 6.90. The summed E-state index contributed by atoms with van der Waals surface area (Å²) >= 11 is 1.38. The third kappa shape index (κ3) is 4.70. The van der Waals surface area contributed by atoms with Crippen LogP contribution in [0.4, 0.5) is 5.00 Å². The molecular weight excluding hydrogens is 462 g/mol. The molecule has 1 fully saturated rings. The van der Waals surface area contributed by atoms with Crippen molar-refractivity contribution in [2.75, 3.05) is 32.6 Å². The maximum absolute atomic E-state index is 13.0. The summed E-state index contributed by atoms with van der Waals surface area (Å²) in [5.74, 6) is -0.869. The van der Waals surface area contributed by atoms with E-state index >= 15 is 0 Å². The quantitative estimate of drug-likeness (QED) is 0.645. The number of methoxy groups -OCH3 is 1. The maximum atomic E-state index is 13.0. The van der Waals surface area contributed by atoms with Crippen LogP contribution in [0.25, 0.3) is 0 Å². The van der Waals surface area contributed by atoms with Crippen molar-refractivity contribution in [2.45, 2.75) is 50.1 Å². The Labute approximate surface area is 198 Å². The van der Waals surface area contributed by atoms with Crippen LogP contribution in [-0.2, 0) is 27.7 Å². The summed E-state index contributed by atoms with van der Waals surface area (Å²) in [4.78, 5) is 28.8. The molecule has 1 aromatic carbocycles. The molecule has 0 bridgehead atoms. The zero-order chi connectivity index (χ0) is 23.8. The molecule has 0 spiro atoms. The number of sulfonamides is 1. The fourth-order valence-electron chi connectivity index (χ4n) is 4.46. The number of nitrogens with one attached hydrogen (secondary N) is 1. The molecule has 0 aliphatic carbocycles. The molecule has 8 nitrogen and oxygen atoms in total. The van der Waals surface area contributed by atoms with Crippen LogP contribution in [0.5, 0.6) is 0 Å². The fraction of sp³-hybridized carbons (Fsp3) is 0.478. The third-order valence-corrected chi connectivity index (χ3v) is 9.49. The smallest absolute Gasteiger partial charge is 0.341 e. The van der Waals surface area contributed by atoms with E-state index in [2.05, 4.69) is 10.2 Å². The van der Waals surface area contributed by atoms with Gasteiger partial charge in [0.1, 0.15) is 5.00 Å². The third-order valence-electron chi connectivity index (χ3n) is 6.33. The number of amides is 1. The van der Waals surface area contributed by atoms with E-state index in [0.717, 1.165) is 36.2 Å². The number of hydrogen-bond donors (Lipinski definition) is 1. The molecule has 1 N–H and O–H groups in total. The second kappa shape index (κ2) is 9.54. The molecule has 2 aliphatic rings. The molecule has 0 saturated carbocycles. The standard InChI is InChI=1S/C23H29N3O5S2/c1-15-6-4-5-12-26(15)33(29,30)17-9-7-16(8-10-17)21(27)24-22-20(23(28)31-3)18-11-13-25(2)14-19(18)32-22/h7-10,15H,4-6,11-14H2,1-3H3,(H,24,27)/t15-/m0/s1. The normalized spacial score (nSPS) is 19.7. The van der Waals surface area contributed by atoms with Crippen LogP contribution in [0.2, 0.25) is 0 Å². The Morgan fingerprint density at radius 1 is 1.15 bits per heavy atom. The zero-order valence-electron chi connectivity index (χ0n) is 19.1. The van der Waals surface area contributed by atoms with E-state index in [0.29, 0.717) is 35.6 Å². The van der Waals surface area contributed by atoms with Gasteiger partial charge in [0, 0.05) is 36.1 Å². The molecule has 4 rings (SSSR count). The van der Waals surface area contributed by atoms with Crippen LogP contribution < -0.4 is 5.32 Å². The van der Waals surface area contributed by atoms with Gasteiger partial charge in [-0.25, -0.2) is 13.2 Å². The first kappa shape index (κ1) is 23.9. The maximum Gasteiger partial charge on any atom is 0.341 e. The first-order valence-electron chi connectivity index (χ1n) is 11.1. The molecule has 1 saturated heterocycles. The predicted molar refractivity (Wildman–Crippen MR) is 127 cm³/mol. The van der Waals surface area contributed by atoms with Crippen molar-refractivity contribution in [1.29, 1.82) is 0 Å². The number of anilines is 1. The van der Waals surface area contributed by atoms with Crippen molar-refractivity contribution < 1.29 is 22.7 Å². The highest BCUT2D eigenvalue weighted by molar-refractivity contribution is 7.89. The van der Waals surface area contributed by atoms with E-state index in [-0.39, 0.29) is 10.9 Å². The first-order valence-corrected chi connectivity index (χ1v) is 13.3. The van der Waals surface area contributed by atoms with E-state index < -0.39 is 21.9 Å². The number of carbonyl (C=O) groups is 2. The van der Waals surface area contributed by atoms with E-state index in [1.165, 1.54) is 42.7 Å². The van der Waals surface area contributed by atoms with Crippen molar-refractivity contribution >= 4 is 38.2 Å². The monoisotopic (exact) mass is 491 g/mol. The lowest BCUT2D eigenvalue weighted by Gasteiger charge is -2.32. The number of rotatable bonds is 5. The number of hydrogen-bond acceptors (Lipinski definition) is 7. The molecule has 3 heterocycles. The van der Waals surface area contributed by atoms with Crippen molar-refractivity contribution in [3.8, 4) is 0 Å². The van der Waals surface area contributed by atoms with E-state index in [4.69, 9.17) is 4.74 Å². The largest absolute Gasteiger partial charge is 0.465 e. The Hall–Kier alpha value is -2.27. The van der Waals surface area contributed by atoms with Gasteiger partial charge in [0.2, 0.25) is 10.0 Å². The van der Waals surface area contributed by atoms with Crippen molar-refractivity contribution in [3.05, 3.63) is 45.8 Å². The van der Waals surface area contributed by atoms with Crippen molar-refractivity contribution in [2.24, 2.45) is 0 Å². The summed E-state index contributed by atoms with van der Waals surface area (Å²) in [7, 11) is -0.262. The molecule has 0 radical (unpaired) electrons. The van der Waals surface area contributed by atoms with Gasteiger partial charge < -0.3 is 15.0 Å². The molecule has 2 aromatic rings. The molecule has 1 atom stereocenters. The van der Waals surface area contributed by atoms with Crippen LogP contribution in [-0.4, -0.2) is 62.8 Å². The molecular formula is C23H29N3O5S2. The summed E-state index contributed by atoms with van der Waals surface area (Å²) in [6.45, 7) is 3.98. The lowest BCUT2D eigenvalue weighted by Crippen LogP contribution is -2.41. The summed E-state index contributed by atoms with van der Waals surface area (Å²) < 4.78 is 32.6. The van der Waals surface area contributed by atoms with E-state index in [9.17, 15) is 18.0 Å². The number of carbonyl (C=O) groups excluding carboxylic acids is 2. The highest BCUT2D eigenvalue weighted by Gasteiger charge is 2.31. The number of piperidine rings is 1. The number of benzene rings is 1. The van der Waals surface area contributed by atoms with Crippen LogP contribution in [0.15, 0.2) is 29.2 Å². The van der Waals surface area contributed by atoms with Gasteiger partial charge in [0.25, 0.3) is 5.91 Å². The lowest BCUT2D eigenvalue weighted by molar-refractivity contribution is 0.0600. The molecule has 33 heavy (non-hydrogen) atoms. The van der Waals surface area contributed by atoms with Gasteiger partial charge in [0.05, 0.1) is 17.6 Å². The van der Waals surface area contributed by atoms with Crippen LogP contribution in [0.3, 0.4) is 0 Å². The molecule has 1 amide bonds. The van der Waals surface area contributed by atoms with Gasteiger partial charge in [-0.3, -0.25) is 4.79 Å². The Morgan fingerprint density at radius 2 is 1.88 bits per heavy atom. The number of esters is 1. The number of ether oxygens (including phenoxy) is 1. The molecule has 2 aliphatic heterocycles. The number of thiophene rings is 1. The summed E-state index contributed by atoms with van der Waals surface area (Å²) in [5, 5.41) is 3.31. The fourth-order valence-corrected chi connectivity index (χ4v) is 7.47. The topological polar surface area (TPSA) is 96.0 Å². The van der Waals surface area contributed by atoms with Crippen LogP contribution >= 0.6 is 11.3 Å². The minimum absolute atomic E-state index is 0.0348. The van der Waals surface area contributed by atoms with E-state index in [1.54, 1.807) is 4.31 Å². The summed E-state index contributed by atoms with van der Waals surface area (Å²) in [6.07, 6.45) is 3.45. The minimum Gasteiger partial charge on any atom is -0.465 e. The Bertz CT molecular complexity index is 1160. The SMILES string of the molecule is COC(=O)c1c(NC(=O)c2ccc(S(=O)(=O)N3CCCC[C@@H]3C)cc2)sc2c1CCN(C)C2. The average molecular weight is 492 g/mol. The highest BCUT2D eigenvalue weighted by Crippen LogP contribution is 2.37. The molecule has 10 heteroatoms. The summed E-state index contributed by atoms with van der Waals surface area (Å²) in [6, 6.07) is 5.93. The van der Waals surface area contributed by atoms with E-state index in [1.807, 2.05) is 14.0 Å². The van der Waals surface area contributed by atoms with Crippen molar-refractivity contribution in [3.63, 3.8) is 0 Å². The minimum atomic E-state index is -3.60. The van der Waals surface area contributed by atoms with Gasteiger partial charge in [-0.05, 0) is 63.1 Å².